The first-order valence-electron chi connectivity index (χ1n) is 9.47. The first-order chi connectivity index (χ1) is 13.0. The predicted molar refractivity (Wildman–Crippen MR) is 109 cm³/mol. The van der Waals surface area contributed by atoms with Crippen LogP contribution in [0.3, 0.4) is 0 Å². The third-order valence-corrected chi connectivity index (χ3v) is 4.96. The van der Waals surface area contributed by atoms with Crippen LogP contribution >= 0.6 is 11.6 Å². The molecule has 0 radical (unpaired) electrons. The highest BCUT2D eigenvalue weighted by atomic mass is 35.5. The van der Waals surface area contributed by atoms with Crippen molar-refractivity contribution >= 4 is 23.7 Å². The maximum absolute atomic E-state index is 12.1. The van der Waals surface area contributed by atoms with Crippen molar-refractivity contribution in [2.75, 3.05) is 19.8 Å². The molecule has 0 unspecified atom stereocenters. The second-order valence-corrected chi connectivity index (χ2v) is 8.43. The Hall–Kier alpha value is -2.15. The molecule has 0 saturated carbocycles. The Morgan fingerprint density at radius 1 is 1.18 bits per heavy atom. The second-order valence-electron chi connectivity index (χ2n) is 8.05. The minimum atomic E-state index is -0.507. The number of piperidine rings is 1. The van der Waals surface area contributed by atoms with Gasteiger partial charge >= 0.3 is 12.1 Å². The number of rotatable bonds is 4. The van der Waals surface area contributed by atoms with E-state index in [-0.39, 0.29) is 24.9 Å². The molecule has 28 heavy (non-hydrogen) atoms. The molecule has 0 aromatic heterocycles. The Kier molecular flexibility index (Phi) is 7.41. The van der Waals surface area contributed by atoms with Gasteiger partial charge in [0.05, 0.1) is 0 Å². The van der Waals surface area contributed by atoms with Gasteiger partial charge in [0.25, 0.3) is 0 Å². The summed E-state index contributed by atoms with van der Waals surface area (Å²) in [6, 6.07) is 3.39. The highest BCUT2D eigenvalue weighted by molar-refractivity contribution is 6.32. The van der Waals surface area contributed by atoms with Gasteiger partial charge in [-0.3, -0.25) is 0 Å². The van der Waals surface area contributed by atoms with E-state index in [0.717, 1.165) is 16.1 Å². The lowest BCUT2D eigenvalue weighted by Gasteiger charge is -2.33. The lowest BCUT2D eigenvalue weighted by atomic mass is 10.1. The van der Waals surface area contributed by atoms with Gasteiger partial charge in [-0.25, -0.2) is 9.59 Å². The lowest BCUT2D eigenvalue weighted by molar-refractivity contribution is 0.0201. The average Bonchev–Trinajstić information content (AvgIpc) is 2.58. The van der Waals surface area contributed by atoms with Gasteiger partial charge in [0.15, 0.2) is 6.73 Å². The zero-order valence-electron chi connectivity index (χ0n) is 17.2. The van der Waals surface area contributed by atoms with Gasteiger partial charge in [-0.05, 0) is 70.7 Å². The van der Waals surface area contributed by atoms with Crippen molar-refractivity contribution in [3.8, 4) is 5.75 Å². The molecule has 1 aliphatic heterocycles. The number of hydrogen-bond donors (Lipinski definition) is 2. The Balaban J connectivity index is 1.70. The molecule has 1 aromatic rings. The van der Waals surface area contributed by atoms with Crippen LogP contribution in [0.2, 0.25) is 5.02 Å². The fourth-order valence-corrected chi connectivity index (χ4v) is 3.05. The zero-order valence-corrected chi connectivity index (χ0v) is 18.0. The summed E-state index contributed by atoms with van der Waals surface area (Å²) in [7, 11) is 0. The quantitative estimate of drug-likeness (QED) is 0.734. The maximum Gasteiger partial charge on any atom is 0.410 e. The van der Waals surface area contributed by atoms with Crippen LogP contribution in [0.1, 0.15) is 44.7 Å². The maximum atomic E-state index is 12.1. The lowest BCUT2D eigenvalue weighted by Crippen LogP contribution is -2.50. The van der Waals surface area contributed by atoms with Gasteiger partial charge in [0.1, 0.15) is 11.4 Å². The monoisotopic (exact) mass is 411 g/mol. The SMILES string of the molecule is Cc1cc(OCNC(=O)NC2CCN(C(=O)OC(C)(C)C)CC2)cc(C)c1Cl. The van der Waals surface area contributed by atoms with Crippen molar-refractivity contribution in [2.45, 2.75) is 59.1 Å². The molecule has 2 rings (SSSR count). The number of ether oxygens (including phenoxy) is 2. The van der Waals surface area contributed by atoms with Crippen LogP contribution in [0.5, 0.6) is 5.75 Å². The van der Waals surface area contributed by atoms with Gasteiger partial charge in [-0.15, -0.1) is 0 Å². The molecule has 0 bridgehead atoms. The standard InChI is InChI=1S/C20H30ClN3O4/c1-13-10-16(11-14(2)17(13)21)27-12-22-18(25)23-15-6-8-24(9-7-15)19(26)28-20(3,4)5/h10-11,15H,6-9,12H2,1-5H3,(H2,22,23,25). The zero-order chi connectivity index (χ0) is 20.9. The molecular weight excluding hydrogens is 382 g/mol. The van der Waals surface area contributed by atoms with E-state index in [1.165, 1.54) is 0 Å². The number of urea groups is 1. The Morgan fingerprint density at radius 3 is 2.29 bits per heavy atom. The molecule has 2 N–H and O–H groups in total. The third-order valence-electron chi connectivity index (χ3n) is 4.36. The fourth-order valence-electron chi connectivity index (χ4n) is 2.94. The number of carbonyl (C=O) groups is 2. The van der Waals surface area contributed by atoms with Gasteiger partial charge in [-0.2, -0.15) is 0 Å². The number of halogens is 1. The molecule has 0 atom stereocenters. The van der Waals surface area contributed by atoms with Crippen LogP contribution in [0, 0.1) is 13.8 Å². The minimum Gasteiger partial charge on any atom is -0.473 e. The normalized spacial score (nSPS) is 15.1. The van der Waals surface area contributed by atoms with Crippen molar-refractivity contribution in [1.29, 1.82) is 0 Å². The second kappa shape index (κ2) is 9.37. The molecule has 1 aromatic carbocycles. The van der Waals surface area contributed by atoms with E-state index >= 15 is 0 Å². The molecule has 8 heteroatoms. The molecule has 1 fully saturated rings. The van der Waals surface area contributed by atoms with Gasteiger partial charge in [-0.1, -0.05) is 11.6 Å². The first-order valence-corrected chi connectivity index (χ1v) is 9.85. The number of nitrogens with one attached hydrogen (secondary N) is 2. The van der Waals surface area contributed by atoms with Crippen molar-refractivity contribution in [2.24, 2.45) is 0 Å². The summed E-state index contributed by atoms with van der Waals surface area (Å²) in [6.45, 7) is 10.5. The van der Waals surface area contributed by atoms with E-state index in [9.17, 15) is 9.59 Å². The van der Waals surface area contributed by atoms with Crippen LogP contribution in [0.25, 0.3) is 0 Å². The van der Waals surface area contributed by atoms with Gasteiger partial charge in [0.2, 0.25) is 0 Å². The molecule has 3 amide bonds. The van der Waals surface area contributed by atoms with E-state index in [4.69, 9.17) is 21.1 Å². The summed E-state index contributed by atoms with van der Waals surface area (Å²) >= 11 is 6.14. The van der Waals surface area contributed by atoms with Crippen LogP contribution in [0.15, 0.2) is 12.1 Å². The molecule has 0 spiro atoms. The number of amides is 3. The summed E-state index contributed by atoms with van der Waals surface area (Å²) in [5.74, 6) is 0.658. The van der Waals surface area contributed by atoms with Gasteiger partial charge < -0.3 is 25.0 Å². The van der Waals surface area contributed by atoms with Crippen LogP contribution in [-0.2, 0) is 4.74 Å². The van der Waals surface area contributed by atoms with Crippen LogP contribution < -0.4 is 15.4 Å². The average molecular weight is 412 g/mol. The topological polar surface area (TPSA) is 79.9 Å². The van der Waals surface area contributed by atoms with Crippen LogP contribution in [-0.4, -0.2) is 48.5 Å². The summed E-state index contributed by atoms with van der Waals surface area (Å²) in [5, 5.41) is 6.32. The van der Waals surface area contributed by atoms with Gasteiger partial charge in [0, 0.05) is 24.2 Å². The first kappa shape index (κ1) is 22.1. The van der Waals surface area contributed by atoms with E-state index < -0.39 is 5.60 Å². The van der Waals surface area contributed by atoms with Crippen LogP contribution in [0.4, 0.5) is 9.59 Å². The number of aryl methyl sites for hydroxylation is 2. The van der Waals surface area contributed by atoms with E-state index in [0.29, 0.717) is 31.7 Å². The smallest absolute Gasteiger partial charge is 0.410 e. The van der Waals surface area contributed by atoms with Crippen molar-refractivity contribution < 1.29 is 19.1 Å². The largest absolute Gasteiger partial charge is 0.473 e. The summed E-state index contributed by atoms with van der Waals surface area (Å²) < 4.78 is 11.0. The minimum absolute atomic E-state index is 0.0127. The summed E-state index contributed by atoms with van der Waals surface area (Å²) in [5.41, 5.74) is 1.35. The molecule has 7 nitrogen and oxygen atoms in total. The number of hydrogen-bond acceptors (Lipinski definition) is 4. The third kappa shape index (κ3) is 6.78. The van der Waals surface area contributed by atoms with E-state index in [2.05, 4.69) is 10.6 Å². The number of nitrogens with zero attached hydrogens (tertiary/aromatic N) is 1. The fraction of sp³-hybridized carbons (Fsp3) is 0.600. The highest BCUT2D eigenvalue weighted by Crippen LogP contribution is 2.25. The molecule has 1 aliphatic rings. The Bertz CT molecular complexity index is 687. The Labute approximate surface area is 171 Å². The molecule has 1 heterocycles. The summed E-state index contributed by atoms with van der Waals surface area (Å²) in [4.78, 5) is 25.8. The molecule has 156 valence electrons. The Morgan fingerprint density at radius 2 is 1.75 bits per heavy atom. The van der Waals surface area contributed by atoms with E-state index in [1.807, 2.05) is 46.8 Å². The highest BCUT2D eigenvalue weighted by Gasteiger charge is 2.27. The number of likely N-dealkylation sites (tertiary alicyclic amines) is 1. The molecule has 1 saturated heterocycles. The predicted octanol–water partition coefficient (Wildman–Crippen LogP) is 3.99. The summed E-state index contributed by atoms with van der Waals surface area (Å²) in [6.07, 6.45) is 1.06. The number of carbonyl (C=O) groups excluding carboxylic acids is 2. The molecular formula is C20H30ClN3O4. The van der Waals surface area contributed by atoms with Crippen molar-refractivity contribution in [1.82, 2.24) is 15.5 Å². The molecule has 0 aliphatic carbocycles. The number of benzene rings is 1. The van der Waals surface area contributed by atoms with Crippen molar-refractivity contribution in [3.63, 3.8) is 0 Å². The van der Waals surface area contributed by atoms with Crippen molar-refractivity contribution in [3.05, 3.63) is 28.3 Å². The van der Waals surface area contributed by atoms with E-state index in [1.54, 1.807) is 4.90 Å².